The van der Waals surface area contributed by atoms with E-state index in [0.29, 0.717) is 0 Å². The molecule has 0 radical (unpaired) electrons. The average Bonchev–Trinajstić information content (AvgIpc) is 3.04. The zero-order valence-electron chi connectivity index (χ0n) is 45.3. The summed E-state index contributed by atoms with van der Waals surface area (Å²) in [5, 5.41) is 0. The summed E-state index contributed by atoms with van der Waals surface area (Å²) in [6.45, 7) is 13.5. The van der Waals surface area contributed by atoms with Crippen molar-refractivity contribution in [1.82, 2.24) is 0 Å². The molecule has 0 aromatic heterocycles. The molecule has 0 saturated heterocycles. The summed E-state index contributed by atoms with van der Waals surface area (Å²) in [4.78, 5) is 7.61. The third-order valence-electron chi connectivity index (χ3n) is 16.0. The molecule has 11 aromatic carbocycles. The molecule has 11 aromatic rings. The summed E-state index contributed by atoms with van der Waals surface area (Å²) in [6, 6.07) is 99.3. The lowest BCUT2D eigenvalue weighted by atomic mass is 9.43. The lowest BCUT2D eigenvalue weighted by molar-refractivity contribution is 0.590. The number of rotatable bonds is 9. The second-order valence-electron chi connectivity index (χ2n) is 23.0. The van der Waals surface area contributed by atoms with Crippen molar-refractivity contribution >= 4 is 63.3 Å². The Labute approximate surface area is 461 Å². The van der Waals surface area contributed by atoms with E-state index in [2.05, 4.69) is 323 Å². The zero-order chi connectivity index (χ0) is 53.1. The number of hydrogen-bond acceptors (Lipinski definition) is 3. The van der Waals surface area contributed by atoms with Gasteiger partial charge in [0.1, 0.15) is 0 Å². The molecule has 0 aliphatic carbocycles. The highest BCUT2D eigenvalue weighted by molar-refractivity contribution is 6.93. The Morgan fingerprint density at radius 1 is 0.308 bits per heavy atom. The van der Waals surface area contributed by atoms with Crippen molar-refractivity contribution in [2.45, 2.75) is 52.4 Å². The van der Waals surface area contributed by atoms with Gasteiger partial charge >= 0.3 is 6.85 Å². The van der Waals surface area contributed by atoms with Crippen LogP contribution >= 0.6 is 0 Å². The molecule has 0 N–H and O–H groups in total. The number of benzene rings is 11. The predicted molar refractivity (Wildman–Crippen MR) is 334 cm³/mol. The molecular formula is C74H62BN3. The second kappa shape index (κ2) is 19.5. The van der Waals surface area contributed by atoms with Gasteiger partial charge in [0.25, 0.3) is 0 Å². The Morgan fingerprint density at radius 2 is 0.718 bits per heavy atom. The summed E-state index contributed by atoms with van der Waals surface area (Å²) >= 11 is 0. The normalized spacial score (nSPS) is 12.7. The monoisotopic (exact) mass is 1000 g/mol. The van der Waals surface area contributed by atoms with Gasteiger partial charge in [-0.3, -0.25) is 0 Å². The van der Waals surface area contributed by atoms with Crippen LogP contribution in [-0.4, -0.2) is 6.85 Å². The van der Waals surface area contributed by atoms with Crippen LogP contribution in [-0.2, 0) is 10.8 Å². The summed E-state index contributed by atoms with van der Waals surface area (Å²) < 4.78 is 0. The fourth-order valence-electron chi connectivity index (χ4n) is 11.8. The molecule has 0 saturated carbocycles. The van der Waals surface area contributed by atoms with E-state index in [9.17, 15) is 0 Å². The molecule has 2 aliphatic rings. The number of nitrogens with zero attached hydrogens (tertiary/aromatic N) is 3. The van der Waals surface area contributed by atoms with Gasteiger partial charge < -0.3 is 14.6 Å². The highest BCUT2D eigenvalue weighted by Crippen LogP contribution is 2.51. The summed E-state index contributed by atoms with van der Waals surface area (Å²) in [5.41, 5.74) is 26.1. The zero-order valence-corrected chi connectivity index (χ0v) is 45.3. The van der Waals surface area contributed by atoms with Gasteiger partial charge in [-0.15, -0.1) is 0 Å². The Kier molecular flexibility index (Phi) is 12.1. The minimum atomic E-state index is -0.190. The van der Waals surface area contributed by atoms with E-state index < -0.39 is 0 Å². The van der Waals surface area contributed by atoms with Crippen LogP contribution in [0.15, 0.2) is 267 Å². The Hall–Kier alpha value is -9.12. The maximum atomic E-state index is 2.63. The van der Waals surface area contributed by atoms with Crippen LogP contribution in [0.1, 0.15) is 52.7 Å². The van der Waals surface area contributed by atoms with Crippen LogP contribution in [0.4, 0.5) is 45.5 Å². The first-order valence-corrected chi connectivity index (χ1v) is 27.4. The minimum Gasteiger partial charge on any atom is -0.376 e. The first-order chi connectivity index (χ1) is 37.9. The van der Waals surface area contributed by atoms with Gasteiger partial charge in [0.2, 0.25) is 0 Å². The lowest BCUT2D eigenvalue weighted by Gasteiger charge is -2.46. The van der Waals surface area contributed by atoms with Crippen molar-refractivity contribution in [2.75, 3.05) is 14.6 Å². The first-order valence-electron chi connectivity index (χ1n) is 27.4. The van der Waals surface area contributed by atoms with Gasteiger partial charge in [-0.05, 0) is 168 Å². The highest BCUT2D eigenvalue weighted by Gasteiger charge is 2.46. The Morgan fingerprint density at radius 3 is 1.21 bits per heavy atom. The van der Waals surface area contributed by atoms with Gasteiger partial charge in [0.15, 0.2) is 0 Å². The number of fused-ring (bicyclic) bond motifs is 4. The van der Waals surface area contributed by atoms with E-state index in [1.165, 1.54) is 77.7 Å². The minimum absolute atomic E-state index is 0.0178. The van der Waals surface area contributed by atoms with E-state index in [1.807, 2.05) is 0 Å². The molecule has 0 amide bonds. The smallest absolute Gasteiger partial charge is 0.333 e. The van der Waals surface area contributed by atoms with E-state index >= 15 is 0 Å². The number of anilines is 8. The molecular weight excluding hydrogens is 942 g/mol. The van der Waals surface area contributed by atoms with Crippen LogP contribution in [0.2, 0.25) is 0 Å². The van der Waals surface area contributed by atoms with E-state index in [4.69, 9.17) is 0 Å². The fourth-order valence-corrected chi connectivity index (χ4v) is 11.8. The molecule has 13 rings (SSSR count). The third-order valence-corrected chi connectivity index (χ3v) is 16.0. The molecule has 0 unspecified atom stereocenters. The molecule has 2 aliphatic heterocycles. The molecule has 0 fully saturated rings. The molecule has 0 atom stereocenters. The quantitative estimate of drug-likeness (QED) is 0.133. The molecule has 0 spiro atoms. The van der Waals surface area contributed by atoms with Crippen molar-refractivity contribution in [3.8, 4) is 55.6 Å². The average molecular weight is 1000 g/mol. The highest BCUT2D eigenvalue weighted by atomic mass is 15.2. The Bertz CT molecular complexity index is 3880. The van der Waals surface area contributed by atoms with Gasteiger partial charge in [-0.1, -0.05) is 224 Å². The molecule has 3 nitrogen and oxygen atoms in total. The summed E-state index contributed by atoms with van der Waals surface area (Å²) in [7, 11) is 0. The van der Waals surface area contributed by atoms with Crippen LogP contribution in [0, 0.1) is 0 Å². The molecule has 2 heterocycles. The van der Waals surface area contributed by atoms with Crippen molar-refractivity contribution in [2.24, 2.45) is 0 Å². The largest absolute Gasteiger partial charge is 0.376 e. The fraction of sp³-hybridized carbons (Fsp3) is 0.108. The van der Waals surface area contributed by atoms with Crippen molar-refractivity contribution in [1.29, 1.82) is 0 Å². The number of hydrogen-bond donors (Lipinski definition) is 0. The van der Waals surface area contributed by atoms with Crippen molar-refractivity contribution in [3.63, 3.8) is 0 Å². The van der Waals surface area contributed by atoms with E-state index in [1.54, 1.807) is 0 Å². The van der Waals surface area contributed by atoms with Gasteiger partial charge in [-0.25, -0.2) is 0 Å². The predicted octanol–water partition coefficient (Wildman–Crippen LogP) is 19.1. The molecule has 376 valence electrons. The standard InChI is InChI=1S/C74H62BN3/c1-73(2,3)59-32-40-61(41-33-59)76(62-42-34-60(35-43-62)74(4,5)6)65-44-46-69-66(50-65)67-47-58(54-25-17-10-18-26-54)49-71-72(67)75(78(69)64-38-29-56(30-39-64)52-21-13-8-14-22-52)68-48-57(53-23-15-9-16-24-53)31-45-70(68)77(71)63-36-27-55(28-37-63)51-19-11-7-12-20-51/h7-50H,1-6H3. The van der Waals surface area contributed by atoms with Gasteiger partial charge in [0.05, 0.1) is 0 Å². The second-order valence-corrected chi connectivity index (χ2v) is 23.0. The van der Waals surface area contributed by atoms with Crippen LogP contribution in [0.3, 0.4) is 0 Å². The summed E-state index contributed by atoms with van der Waals surface area (Å²) in [5.74, 6) is 0. The van der Waals surface area contributed by atoms with Crippen LogP contribution < -0.4 is 25.5 Å². The van der Waals surface area contributed by atoms with Crippen LogP contribution in [0.5, 0.6) is 0 Å². The van der Waals surface area contributed by atoms with Gasteiger partial charge in [-0.2, -0.15) is 0 Å². The first kappa shape index (κ1) is 48.5. The maximum absolute atomic E-state index is 2.63. The van der Waals surface area contributed by atoms with Crippen molar-refractivity contribution < 1.29 is 0 Å². The third kappa shape index (κ3) is 8.87. The van der Waals surface area contributed by atoms with E-state index in [-0.39, 0.29) is 17.7 Å². The topological polar surface area (TPSA) is 9.72 Å². The SMILES string of the molecule is CC(C)(C)c1ccc(N(c2ccc(C(C)(C)C)cc2)c2ccc3c(c2)-c2cc(-c4ccccc4)cc4c2B(c2cc(-c5ccccc5)ccc2N4c2ccc(-c4ccccc4)cc2)N3c2ccc(-c3ccccc3)cc2)cc1. The maximum Gasteiger partial charge on any atom is 0.333 e. The Balaban J connectivity index is 1.09. The van der Waals surface area contributed by atoms with Crippen molar-refractivity contribution in [3.05, 3.63) is 278 Å². The van der Waals surface area contributed by atoms with E-state index in [0.717, 1.165) is 45.5 Å². The van der Waals surface area contributed by atoms with Gasteiger partial charge in [0, 0.05) is 51.1 Å². The lowest BCUT2D eigenvalue weighted by Crippen LogP contribution is -2.61. The van der Waals surface area contributed by atoms with Crippen LogP contribution in [0.25, 0.3) is 55.6 Å². The molecule has 4 heteroatoms. The summed E-state index contributed by atoms with van der Waals surface area (Å²) in [6.07, 6.45) is 0. The molecule has 78 heavy (non-hydrogen) atoms. The molecule has 0 bridgehead atoms.